The highest BCUT2D eigenvalue weighted by Gasteiger charge is 2.16. The van der Waals surface area contributed by atoms with Gasteiger partial charge >= 0.3 is 0 Å². The highest BCUT2D eigenvalue weighted by molar-refractivity contribution is 6.42. The van der Waals surface area contributed by atoms with E-state index in [1.807, 2.05) is 25.9 Å². The first-order valence-electron chi connectivity index (χ1n) is 6.07. The Hall–Kier alpha value is -1.88. The number of amides is 1. The van der Waals surface area contributed by atoms with Gasteiger partial charge < -0.3 is 15.0 Å². The van der Waals surface area contributed by atoms with Gasteiger partial charge in [0.1, 0.15) is 5.75 Å². The molecule has 0 heterocycles. The lowest BCUT2D eigenvalue weighted by Crippen LogP contribution is -2.35. The molecule has 1 N–H and O–H groups in total. The molecule has 1 aromatic rings. The van der Waals surface area contributed by atoms with Crippen molar-refractivity contribution in [2.75, 3.05) is 34.3 Å². The summed E-state index contributed by atoms with van der Waals surface area (Å²) in [5.41, 5.74) is 1.20. The van der Waals surface area contributed by atoms with Crippen molar-refractivity contribution in [3.05, 3.63) is 29.3 Å². The number of hydrogen-bond donors (Lipinski definition) is 1. The summed E-state index contributed by atoms with van der Waals surface area (Å²) < 4.78 is 5.11. The lowest BCUT2D eigenvalue weighted by atomic mass is 10.1. The van der Waals surface area contributed by atoms with Crippen LogP contribution < -0.4 is 10.1 Å². The van der Waals surface area contributed by atoms with Crippen LogP contribution in [0.5, 0.6) is 5.75 Å². The van der Waals surface area contributed by atoms with Gasteiger partial charge in [-0.3, -0.25) is 9.59 Å². The van der Waals surface area contributed by atoms with Gasteiger partial charge in [-0.05, 0) is 44.8 Å². The number of rotatable bonds is 6. The number of aryl methyl sites for hydroxylation is 1. The van der Waals surface area contributed by atoms with Gasteiger partial charge in [0.05, 0.1) is 7.11 Å². The van der Waals surface area contributed by atoms with Gasteiger partial charge in [-0.2, -0.15) is 0 Å². The maximum Gasteiger partial charge on any atom is 0.292 e. The van der Waals surface area contributed by atoms with Crippen molar-refractivity contribution in [2.24, 2.45) is 0 Å². The second-order valence-corrected chi connectivity index (χ2v) is 4.57. The number of Topliss-reactive ketones (excluding diaryl/α,β-unsaturated/α-hetero) is 1. The first-order chi connectivity index (χ1) is 8.95. The maximum absolute atomic E-state index is 11.9. The Morgan fingerprint density at radius 3 is 2.53 bits per heavy atom. The number of nitrogens with one attached hydrogen (secondary N) is 1. The lowest BCUT2D eigenvalue weighted by molar-refractivity contribution is -0.117. The van der Waals surface area contributed by atoms with Crippen molar-refractivity contribution >= 4 is 11.7 Å². The third-order valence-electron chi connectivity index (χ3n) is 2.71. The molecule has 1 aromatic carbocycles. The number of carbonyl (C=O) groups excluding carboxylic acids is 2. The van der Waals surface area contributed by atoms with Crippen molar-refractivity contribution in [3.63, 3.8) is 0 Å². The van der Waals surface area contributed by atoms with Gasteiger partial charge in [0.15, 0.2) is 0 Å². The zero-order valence-corrected chi connectivity index (χ0v) is 11.8. The fourth-order valence-corrected chi connectivity index (χ4v) is 1.62. The predicted molar refractivity (Wildman–Crippen MR) is 73.6 cm³/mol. The summed E-state index contributed by atoms with van der Waals surface area (Å²) in [6.45, 7) is 2.98. The minimum absolute atomic E-state index is 0.376. The quantitative estimate of drug-likeness (QED) is 0.611. The molecule has 0 atom stereocenters. The molecule has 0 saturated carbocycles. The van der Waals surface area contributed by atoms with Crippen LogP contribution in [0.2, 0.25) is 0 Å². The number of likely N-dealkylation sites (N-methyl/N-ethyl adjacent to an activating group) is 1. The molecule has 0 saturated heterocycles. The fraction of sp³-hybridized carbons (Fsp3) is 0.429. The molecule has 19 heavy (non-hydrogen) atoms. The molecule has 1 rings (SSSR count). The highest BCUT2D eigenvalue weighted by Crippen LogP contribution is 2.18. The van der Waals surface area contributed by atoms with Crippen LogP contribution in [-0.4, -0.2) is 50.9 Å². The summed E-state index contributed by atoms with van der Waals surface area (Å²) in [5, 5.41) is 2.60. The van der Waals surface area contributed by atoms with Crippen molar-refractivity contribution < 1.29 is 14.3 Å². The largest absolute Gasteiger partial charge is 0.496 e. The number of ketones is 1. The number of methoxy groups -OCH3 is 1. The topological polar surface area (TPSA) is 58.6 Å². The minimum atomic E-state index is -0.577. The molecule has 1 amide bonds. The molecule has 5 heteroatoms. The molecule has 0 aromatic heterocycles. The second kappa shape index (κ2) is 6.89. The van der Waals surface area contributed by atoms with Crippen LogP contribution in [0.4, 0.5) is 0 Å². The average Bonchev–Trinajstić information content (AvgIpc) is 2.37. The van der Waals surface area contributed by atoms with E-state index in [1.54, 1.807) is 25.3 Å². The molecule has 104 valence electrons. The van der Waals surface area contributed by atoms with E-state index in [9.17, 15) is 9.59 Å². The van der Waals surface area contributed by atoms with Gasteiger partial charge in [-0.25, -0.2) is 0 Å². The fourth-order valence-electron chi connectivity index (χ4n) is 1.62. The van der Waals surface area contributed by atoms with Gasteiger partial charge in [-0.15, -0.1) is 0 Å². The first-order valence-corrected chi connectivity index (χ1v) is 6.07. The Kier molecular flexibility index (Phi) is 5.51. The number of nitrogens with zero attached hydrogens (tertiary/aromatic N) is 1. The second-order valence-electron chi connectivity index (χ2n) is 4.57. The molecule has 0 aliphatic rings. The zero-order chi connectivity index (χ0) is 14.4. The van der Waals surface area contributed by atoms with E-state index in [-0.39, 0.29) is 0 Å². The molecule has 0 unspecified atom stereocenters. The third-order valence-corrected chi connectivity index (χ3v) is 2.71. The zero-order valence-electron chi connectivity index (χ0n) is 11.8. The summed E-state index contributed by atoms with van der Waals surface area (Å²) in [4.78, 5) is 25.5. The Balaban J connectivity index is 2.66. The van der Waals surface area contributed by atoms with Crippen LogP contribution in [-0.2, 0) is 4.79 Å². The molecule has 0 aliphatic heterocycles. The molecule has 0 aliphatic carbocycles. The molecule has 5 nitrogen and oxygen atoms in total. The Labute approximate surface area is 113 Å². The number of carbonyl (C=O) groups is 2. The standard InChI is InChI=1S/C14H20N2O3/c1-10-9-11(5-6-12(10)19-4)13(17)14(18)15-7-8-16(2)3/h5-6,9H,7-8H2,1-4H3,(H,15,18). The summed E-state index contributed by atoms with van der Waals surface area (Å²) in [7, 11) is 5.37. The van der Waals surface area contributed by atoms with Crippen molar-refractivity contribution in [2.45, 2.75) is 6.92 Å². The monoisotopic (exact) mass is 264 g/mol. The van der Waals surface area contributed by atoms with E-state index in [4.69, 9.17) is 4.74 Å². The normalized spacial score (nSPS) is 10.4. The third kappa shape index (κ3) is 4.37. The van der Waals surface area contributed by atoms with Crippen LogP contribution in [0, 0.1) is 6.92 Å². The van der Waals surface area contributed by atoms with Crippen molar-refractivity contribution in [1.82, 2.24) is 10.2 Å². The van der Waals surface area contributed by atoms with Gasteiger partial charge in [0, 0.05) is 18.7 Å². The van der Waals surface area contributed by atoms with Crippen LogP contribution in [0.1, 0.15) is 15.9 Å². The Bertz CT molecular complexity index is 470. The van der Waals surface area contributed by atoms with Gasteiger partial charge in [-0.1, -0.05) is 0 Å². The minimum Gasteiger partial charge on any atom is -0.496 e. The van der Waals surface area contributed by atoms with Crippen molar-refractivity contribution in [3.8, 4) is 5.75 Å². The van der Waals surface area contributed by atoms with E-state index in [0.717, 1.165) is 5.56 Å². The van der Waals surface area contributed by atoms with Gasteiger partial charge in [0.2, 0.25) is 5.78 Å². The molecular weight excluding hydrogens is 244 g/mol. The van der Waals surface area contributed by atoms with E-state index >= 15 is 0 Å². The maximum atomic E-state index is 11.9. The highest BCUT2D eigenvalue weighted by atomic mass is 16.5. The van der Waals surface area contributed by atoms with Gasteiger partial charge in [0.25, 0.3) is 5.91 Å². The Morgan fingerprint density at radius 1 is 1.32 bits per heavy atom. The molecule has 0 bridgehead atoms. The molecule has 0 fully saturated rings. The SMILES string of the molecule is COc1ccc(C(=O)C(=O)NCCN(C)C)cc1C. The smallest absolute Gasteiger partial charge is 0.292 e. The first kappa shape index (κ1) is 15.2. The lowest BCUT2D eigenvalue weighted by Gasteiger charge is -2.10. The molecular formula is C14H20N2O3. The van der Waals surface area contributed by atoms with Crippen LogP contribution in [0.15, 0.2) is 18.2 Å². The van der Waals surface area contributed by atoms with Crippen LogP contribution in [0.3, 0.4) is 0 Å². The van der Waals surface area contributed by atoms with E-state index < -0.39 is 11.7 Å². The summed E-state index contributed by atoms with van der Waals surface area (Å²) in [6, 6.07) is 4.95. The summed E-state index contributed by atoms with van der Waals surface area (Å²) in [5.74, 6) is -0.402. The average molecular weight is 264 g/mol. The van der Waals surface area contributed by atoms with Crippen molar-refractivity contribution in [1.29, 1.82) is 0 Å². The van der Waals surface area contributed by atoms with Crippen LogP contribution in [0.25, 0.3) is 0 Å². The number of hydrogen-bond acceptors (Lipinski definition) is 4. The molecule has 0 spiro atoms. The summed E-state index contributed by atoms with van der Waals surface area (Å²) >= 11 is 0. The Morgan fingerprint density at radius 2 is 2.00 bits per heavy atom. The van der Waals surface area contributed by atoms with E-state index in [2.05, 4.69) is 5.32 Å². The van der Waals surface area contributed by atoms with Crippen LogP contribution >= 0.6 is 0 Å². The van der Waals surface area contributed by atoms with E-state index in [1.165, 1.54) is 0 Å². The number of ether oxygens (including phenoxy) is 1. The summed E-state index contributed by atoms with van der Waals surface area (Å²) in [6.07, 6.45) is 0. The molecule has 0 radical (unpaired) electrons. The van der Waals surface area contributed by atoms with E-state index in [0.29, 0.717) is 24.4 Å². The predicted octanol–water partition coefficient (Wildman–Crippen LogP) is 0.864. The number of benzene rings is 1.